The van der Waals surface area contributed by atoms with E-state index >= 15 is 0 Å². The molecule has 0 radical (unpaired) electrons. The molecule has 0 amide bonds. The number of rotatable bonds is 6. The maximum Gasteiger partial charge on any atom is 0.239 e. The zero-order valence-electron chi connectivity index (χ0n) is 10.9. The summed E-state index contributed by atoms with van der Waals surface area (Å²) in [6, 6.07) is 0. The van der Waals surface area contributed by atoms with Crippen LogP contribution < -0.4 is 0 Å². The highest BCUT2D eigenvalue weighted by Gasteiger charge is 2.64. The van der Waals surface area contributed by atoms with Crippen molar-refractivity contribution in [2.24, 2.45) is 5.41 Å². The molecule has 1 spiro atoms. The second-order valence-electron chi connectivity index (χ2n) is 5.61. The molecule has 2 heteroatoms. The molecule has 2 aliphatic rings. The monoisotopic (exact) mass is 226 g/mol. The molecule has 0 aromatic rings. The topological polar surface area (TPSA) is 25.1 Å². The van der Waals surface area contributed by atoms with Crippen LogP contribution in [0.4, 0.5) is 0 Å². The Hall–Kier alpha value is -0.0800. The Kier molecular flexibility index (Phi) is 3.91. The van der Waals surface area contributed by atoms with Crippen molar-refractivity contribution in [1.82, 2.24) is 0 Å². The Morgan fingerprint density at radius 1 is 0.875 bits per heavy atom. The molecule has 94 valence electrons. The van der Waals surface area contributed by atoms with Crippen LogP contribution in [0.2, 0.25) is 0 Å². The van der Waals surface area contributed by atoms with E-state index < -0.39 is 0 Å². The van der Waals surface area contributed by atoms with Gasteiger partial charge in [0, 0.05) is 11.8 Å². The third-order valence-electron chi connectivity index (χ3n) is 4.52. The molecule has 0 bridgehead atoms. The van der Waals surface area contributed by atoms with Crippen LogP contribution in [0.3, 0.4) is 0 Å². The highest BCUT2D eigenvalue weighted by atomic mass is 17.4. The minimum absolute atomic E-state index is 0.157. The Balaban J connectivity index is 2.04. The summed E-state index contributed by atoms with van der Waals surface area (Å²) >= 11 is 0. The van der Waals surface area contributed by atoms with E-state index in [1.165, 1.54) is 57.8 Å². The average Bonchev–Trinajstić information content (AvgIpc) is 3.08. The van der Waals surface area contributed by atoms with Gasteiger partial charge in [0.05, 0.1) is 0 Å². The number of hydrogen-bond donors (Lipinski definition) is 0. The fourth-order valence-electron chi connectivity index (χ4n) is 3.37. The molecule has 16 heavy (non-hydrogen) atoms. The van der Waals surface area contributed by atoms with Crippen LogP contribution in [-0.4, -0.2) is 5.79 Å². The van der Waals surface area contributed by atoms with Gasteiger partial charge in [0.1, 0.15) is 0 Å². The lowest BCUT2D eigenvalue weighted by atomic mass is 9.64. The maximum absolute atomic E-state index is 5.45. The summed E-state index contributed by atoms with van der Waals surface area (Å²) in [5, 5.41) is 0. The summed E-state index contributed by atoms with van der Waals surface area (Å²) in [4.78, 5) is 10.9. The predicted octanol–water partition coefficient (Wildman–Crippen LogP) is 4.59. The maximum atomic E-state index is 5.45. The van der Waals surface area contributed by atoms with Gasteiger partial charge in [-0.25, -0.2) is 0 Å². The first-order valence-electron chi connectivity index (χ1n) is 7.15. The Morgan fingerprint density at radius 3 is 1.94 bits per heavy atom. The molecule has 2 nitrogen and oxygen atoms in total. The van der Waals surface area contributed by atoms with E-state index in [1.54, 1.807) is 0 Å². The molecule has 0 N–H and O–H groups in total. The molecule has 2 fully saturated rings. The van der Waals surface area contributed by atoms with E-state index in [2.05, 4.69) is 13.8 Å². The van der Waals surface area contributed by atoms with E-state index in [4.69, 9.17) is 9.78 Å². The quantitative estimate of drug-likeness (QED) is 0.489. The molecule has 1 aliphatic heterocycles. The number of unbranched alkanes of at least 4 members (excludes halogenated alkanes) is 2. The minimum atomic E-state index is -0.157. The predicted molar refractivity (Wildman–Crippen MR) is 64.9 cm³/mol. The van der Waals surface area contributed by atoms with Gasteiger partial charge in [0.2, 0.25) is 5.79 Å². The first-order chi connectivity index (χ1) is 7.79. The van der Waals surface area contributed by atoms with Gasteiger partial charge in [-0.2, -0.15) is 9.78 Å². The summed E-state index contributed by atoms with van der Waals surface area (Å²) in [6.45, 7) is 4.55. The van der Waals surface area contributed by atoms with Crippen molar-refractivity contribution in [1.29, 1.82) is 0 Å². The molecular formula is C14H26O2. The average molecular weight is 226 g/mol. The van der Waals surface area contributed by atoms with E-state index in [9.17, 15) is 0 Å². The summed E-state index contributed by atoms with van der Waals surface area (Å²) < 4.78 is 0. The highest BCUT2D eigenvalue weighted by Crippen LogP contribution is 2.60. The fraction of sp³-hybridized carbons (Fsp3) is 1.00. The van der Waals surface area contributed by atoms with Gasteiger partial charge in [-0.3, -0.25) is 0 Å². The second-order valence-corrected chi connectivity index (χ2v) is 5.61. The van der Waals surface area contributed by atoms with Crippen LogP contribution in [0, 0.1) is 5.41 Å². The van der Waals surface area contributed by atoms with Crippen LogP contribution in [0.5, 0.6) is 0 Å². The van der Waals surface area contributed by atoms with Crippen LogP contribution in [-0.2, 0) is 9.78 Å². The standard InChI is InChI=1S/C14H26O2/c1-3-5-9-13(10-6-4-2)11-7-8-12-14(13)15-16-14/h3-12H2,1-2H3. The first kappa shape index (κ1) is 12.4. The van der Waals surface area contributed by atoms with Gasteiger partial charge in [-0.1, -0.05) is 46.0 Å². The lowest BCUT2D eigenvalue weighted by Gasteiger charge is -2.40. The summed E-state index contributed by atoms with van der Waals surface area (Å²) in [7, 11) is 0. The second kappa shape index (κ2) is 5.05. The minimum Gasteiger partial charge on any atom is -0.194 e. The van der Waals surface area contributed by atoms with Crippen LogP contribution >= 0.6 is 0 Å². The van der Waals surface area contributed by atoms with Crippen molar-refractivity contribution in [3.8, 4) is 0 Å². The van der Waals surface area contributed by atoms with E-state index in [-0.39, 0.29) is 5.79 Å². The zero-order chi connectivity index (χ0) is 11.5. The van der Waals surface area contributed by atoms with Crippen LogP contribution in [0.25, 0.3) is 0 Å². The van der Waals surface area contributed by atoms with Gasteiger partial charge >= 0.3 is 0 Å². The molecule has 0 aromatic heterocycles. The molecule has 1 aliphatic carbocycles. The van der Waals surface area contributed by atoms with Crippen molar-refractivity contribution in [3.63, 3.8) is 0 Å². The molecule has 0 unspecified atom stereocenters. The molecule has 1 heterocycles. The van der Waals surface area contributed by atoms with Gasteiger partial charge in [0.15, 0.2) is 0 Å². The van der Waals surface area contributed by atoms with Gasteiger partial charge < -0.3 is 0 Å². The van der Waals surface area contributed by atoms with Crippen molar-refractivity contribution in [2.75, 3.05) is 0 Å². The highest BCUT2D eigenvalue weighted by molar-refractivity contribution is 4.99. The van der Waals surface area contributed by atoms with E-state index in [1.807, 2.05) is 0 Å². The SMILES string of the molecule is CCCCC1(CCCC)CCCCC12OO2. The van der Waals surface area contributed by atoms with Crippen molar-refractivity contribution in [2.45, 2.75) is 83.8 Å². The fourth-order valence-corrected chi connectivity index (χ4v) is 3.37. The van der Waals surface area contributed by atoms with Gasteiger partial charge in [-0.05, 0) is 25.7 Å². The molecule has 2 rings (SSSR count). The van der Waals surface area contributed by atoms with Gasteiger partial charge in [0.25, 0.3) is 0 Å². The third-order valence-corrected chi connectivity index (χ3v) is 4.52. The lowest BCUT2D eigenvalue weighted by Crippen LogP contribution is -2.41. The van der Waals surface area contributed by atoms with Crippen molar-refractivity contribution < 1.29 is 9.78 Å². The molecule has 1 saturated heterocycles. The van der Waals surface area contributed by atoms with Crippen LogP contribution in [0.1, 0.15) is 78.1 Å². The molecular weight excluding hydrogens is 200 g/mol. The Labute approximate surface area is 99.6 Å². The molecule has 0 atom stereocenters. The zero-order valence-corrected chi connectivity index (χ0v) is 10.9. The Bertz CT molecular complexity index is 213. The van der Waals surface area contributed by atoms with E-state index in [0.717, 1.165) is 6.42 Å². The summed E-state index contributed by atoms with van der Waals surface area (Å²) in [5.74, 6) is -0.157. The molecule has 1 saturated carbocycles. The molecule has 0 aromatic carbocycles. The Morgan fingerprint density at radius 2 is 1.44 bits per heavy atom. The van der Waals surface area contributed by atoms with E-state index in [0.29, 0.717) is 5.41 Å². The third kappa shape index (κ3) is 2.14. The van der Waals surface area contributed by atoms with Crippen LogP contribution in [0.15, 0.2) is 0 Å². The van der Waals surface area contributed by atoms with Crippen molar-refractivity contribution >= 4 is 0 Å². The summed E-state index contributed by atoms with van der Waals surface area (Å²) in [6.07, 6.45) is 12.9. The number of hydrogen-bond acceptors (Lipinski definition) is 2. The lowest BCUT2D eigenvalue weighted by molar-refractivity contribution is 0.0249. The first-order valence-corrected chi connectivity index (χ1v) is 7.15. The van der Waals surface area contributed by atoms with Gasteiger partial charge in [-0.15, -0.1) is 0 Å². The smallest absolute Gasteiger partial charge is 0.194 e. The largest absolute Gasteiger partial charge is 0.239 e. The normalized spacial score (nSPS) is 25.9. The summed E-state index contributed by atoms with van der Waals surface area (Å²) in [5.41, 5.74) is 0.345. The van der Waals surface area contributed by atoms with Crippen molar-refractivity contribution in [3.05, 3.63) is 0 Å².